The van der Waals surface area contributed by atoms with Gasteiger partial charge in [0.15, 0.2) is 0 Å². The molecule has 3 nitrogen and oxygen atoms in total. The number of anilines is 1. The van der Waals surface area contributed by atoms with Gasteiger partial charge in [-0.1, -0.05) is 43.2 Å². The molecule has 3 rings (SSSR count). The number of carbonyl (C=O) groups is 1. The number of benzene rings is 2. The van der Waals surface area contributed by atoms with Gasteiger partial charge in [0.2, 0.25) is 5.91 Å². The van der Waals surface area contributed by atoms with Gasteiger partial charge in [0.05, 0.1) is 5.54 Å². The van der Waals surface area contributed by atoms with Crippen molar-refractivity contribution in [2.24, 2.45) is 0 Å². The first-order valence-corrected chi connectivity index (χ1v) is 8.49. The van der Waals surface area contributed by atoms with Gasteiger partial charge in [-0.25, -0.2) is 4.39 Å². The molecule has 0 aliphatic heterocycles. The quantitative estimate of drug-likeness (QED) is 0.818. The van der Waals surface area contributed by atoms with E-state index in [1.54, 1.807) is 12.1 Å². The van der Waals surface area contributed by atoms with Crippen molar-refractivity contribution >= 4 is 11.6 Å². The minimum absolute atomic E-state index is 0.0180. The topological polar surface area (TPSA) is 55.1 Å². The van der Waals surface area contributed by atoms with Crippen LogP contribution in [-0.4, -0.2) is 5.91 Å². The molecule has 0 bridgehead atoms. The molecule has 4 heteroatoms. The van der Waals surface area contributed by atoms with Crippen LogP contribution in [0.2, 0.25) is 0 Å². The van der Waals surface area contributed by atoms with Crippen LogP contribution in [0.5, 0.6) is 0 Å². The third kappa shape index (κ3) is 3.58. The van der Waals surface area contributed by atoms with Gasteiger partial charge in [-0.15, -0.1) is 0 Å². The Balaban J connectivity index is 1.68. The van der Waals surface area contributed by atoms with Crippen molar-refractivity contribution in [2.75, 3.05) is 5.73 Å². The number of nitrogens with one attached hydrogen (secondary N) is 1. The average molecular weight is 326 g/mol. The molecule has 126 valence electrons. The van der Waals surface area contributed by atoms with E-state index in [0.717, 1.165) is 42.5 Å². The number of para-hydroxylation sites is 1. The molecule has 0 spiro atoms. The second kappa shape index (κ2) is 7.04. The summed E-state index contributed by atoms with van der Waals surface area (Å²) in [4.78, 5) is 12.5. The van der Waals surface area contributed by atoms with Gasteiger partial charge in [-0.2, -0.15) is 0 Å². The number of amides is 1. The molecule has 24 heavy (non-hydrogen) atoms. The first-order chi connectivity index (χ1) is 11.6. The molecule has 0 unspecified atom stereocenters. The lowest BCUT2D eigenvalue weighted by molar-refractivity contribution is -0.123. The Hall–Kier alpha value is -2.36. The molecule has 0 atom stereocenters. The summed E-state index contributed by atoms with van der Waals surface area (Å²) in [5, 5.41) is 3.22. The van der Waals surface area contributed by atoms with Gasteiger partial charge in [0, 0.05) is 12.1 Å². The highest BCUT2D eigenvalue weighted by atomic mass is 19.1. The van der Waals surface area contributed by atoms with Crippen LogP contribution in [0.3, 0.4) is 0 Å². The number of nitrogen functional groups attached to an aromatic ring is 1. The Bertz CT molecular complexity index is 706. The standard InChI is InChI=1S/C20H23FN2O/c21-17-10-8-16(9-11-17)20(13-3-4-14-20)23-19(24)12-7-15-5-1-2-6-18(15)22/h1-2,5-6,8-11H,3-4,7,12-14,22H2,(H,23,24). The van der Waals surface area contributed by atoms with Crippen molar-refractivity contribution in [1.82, 2.24) is 5.32 Å². The Morgan fingerprint density at radius 2 is 1.75 bits per heavy atom. The van der Waals surface area contributed by atoms with Crippen LogP contribution in [0, 0.1) is 5.82 Å². The maximum Gasteiger partial charge on any atom is 0.221 e. The number of aryl methyl sites for hydroxylation is 1. The summed E-state index contributed by atoms with van der Waals surface area (Å²) in [6.45, 7) is 0. The predicted octanol–water partition coefficient (Wildman–Crippen LogP) is 3.93. The molecular formula is C20H23FN2O. The van der Waals surface area contributed by atoms with E-state index in [0.29, 0.717) is 12.8 Å². The van der Waals surface area contributed by atoms with Gasteiger partial charge in [-0.05, 0) is 48.6 Å². The molecular weight excluding hydrogens is 303 g/mol. The van der Waals surface area contributed by atoms with Crippen molar-refractivity contribution in [3.8, 4) is 0 Å². The molecule has 0 heterocycles. The van der Waals surface area contributed by atoms with E-state index in [1.807, 2.05) is 24.3 Å². The summed E-state index contributed by atoms with van der Waals surface area (Å²) < 4.78 is 13.2. The average Bonchev–Trinajstić information content (AvgIpc) is 3.04. The Morgan fingerprint density at radius 3 is 2.42 bits per heavy atom. The van der Waals surface area contributed by atoms with Crippen LogP contribution in [0.1, 0.15) is 43.2 Å². The number of halogens is 1. The van der Waals surface area contributed by atoms with Crippen LogP contribution in [-0.2, 0) is 16.8 Å². The Labute approximate surface area is 142 Å². The number of carbonyl (C=O) groups excluding carboxylic acids is 1. The van der Waals surface area contributed by atoms with Gasteiger partial charge < -0.3 is 11.1 Å². The SMILES string of the molecule is Nc1ccccc1CCC(=O)NC1(c2ccc(F)cc2)CCCC1. The molecule has 1 amide bonds. The van der Waals surface area contributed by atoms with Crippen molar-refractivity contribution in [2.45, 2.75) is 44.1 Å². The monoisotopic (exact) mass is 326 g/mol. The van der Waals surface area contributed by atoms with Crippen LogP contribution >= 0.6 is 0 Å². The highest BCUT2D eigenvalue weighted by Crippen LogP contribution is 2.38. The van der Waals surface area contributed by atoms with E-state index < -0.39 is 0 Å². The number of rotatable bonds is 5. The maximum absolute atomic E-state index is 13.2. The third-order valence-electron chi connectivity index (χ3n) is 4.91. The maximum atomic E-state index is 13.2. The minimum Gasteiger partial charge on any atom is -0.399 e. The highest BCUT2D eigenvalue weighted by molar-refractivity contribution is 5.77. The summed E-state index contributed by atoms with van der Waals surface area (Å²) >= 11 is 0. The summed E-state index contributed by atoms with van der Waals surface area (Å²) in [7, 11) is 0. The molecule has 2 aromatic carbocycles. The lowest BCUT2D eigenvalue weighted by Crippen LogP contribution is -2.43. The fourth-order valence-electron chi connectivity index (χ4n) is 3.57. The molecule has 2 aromatic rings. The molecule has 0 saturated heterocycles. The van der Waals surface area contributed by atoms with Gasteiger partial charge in [0.25, 0.3) is 0 Å². The second-order valence-corrected chi connectivity index (χ2v) is 6.54. The van der Waals surface area contributed by atoms with Crippen LogP contribution in [0.25, 0.3) is 0 Å². The zero-order valence-electron chi connectivity index (χ0n) is 13.7. The zero-order chi connectivity index (χ0) is 17.0. The predicted molar refractivity (Wildman–Crippen MR) is 93.9 cm³/mol. The smallest absolute Gasteiger partial charge is 0.221 e. The molecule has 0 radical (unpaired) electrons. The van der Waals surface area contributed by atoms with E-state index in [9.17, 15) is 9.18 Å². The second-order valence-electron chi connectivity index (χ2n) is 6.54. The largest absolute Gasteiger partial charge is 0.399 e. The third-order valence-corrected chi connectivity index (χ3v) is 4.91. The summed E-state index contributed by atoms with van der Waals surface area (Å²) in [5.41, 5.74) is 8.29. The number of hydrogen-bond acceptors (Lipinski definition) is 2. The molecule has 1 aliphatic rings. The first-order valence-electron chi connectivity index (χ1n) is 8.49. The van der Waals surface area contributed by atoms with E-state index in [4.69, 9.17) is 5.73 Å². The van der Waals surface area contributed by atoms with Gasteiger partial charge in [-0.3, -0.25) is 4.79 Å². The number of hydrogen-bond donors (Lipinski definition) is 2. The van der Waals surface area contributed by atoms with Gasteiger partial charge >= 0.3 is 0 Å². The first kappa shape index (κ1) is 16.5. The number of nitrogens with two attached hydrogens (primary N) is 1. The van der Waals surface area contributed by atoms with E-state index in [-0.39, 0.29) is 17.3 Å². The Morgan fingerprint density at radius 1 is 1.08 bits per heavy atom. The van der Waals surface area contributed by atoms with Crippen molar-refractivity contribution < 1.29 is 9.18 Å². The van der Waals surface area contributed by atoms with Crippen molar-refractivity contribution in [1.29, 1.82) is 0 Å². The van der Waals surface area contributed by atoms with Crippen molar-refractivity contribution in [3.05, 3.63) is 65.5 Å². The fraction of sp³-hybridized carbons (Fsp3) is 0.350. The zero-order valence-corrected chi connectivity index (χ0v) is 13.7. The molecule has 1 fully saturated rings. The van der Waals surface area contributed by atoms with E-state index >= 15 is 0 Å². The van der Waals surface area contributed by atoms with E-state index in [2.05, 4.69) is 5.32 Å². The summed E-state index contributed by atoms with van der Waals surface area (Å²) in [6, 6.07) is 14.1. The molecule has 0 aromatic heterocycles. The molecule has 1 saturated carbocycles. The molecule has 3 N–H and O–H groups in total. The van der Waals surface area contributed by atoms with Crippen LogP contribution < -0.4 is 11.1 Å². The van der Waals surface area contributed by atoms with E-state index in [1.165, 1.54) is 12.1 Å². The summed E-state index contributed by atoms with van der Waals surface area (Å²) in [5.74, 6) is -0.234. The highest BCUT2D eigenvalue weighted by Gasteiger charge is 2.36. The van der Waals surface area contributed by atoms with Crippen LogP contribution in [0.4, 0.5) is 10.1 Å². The fourth-order valence-corrected chi connectivity index (χ4v) is 3.57. The summed E-state index contributed by atoms with van der Waals surface area (Å²) in [6.07, 6.45) is 4.97. The lowest BCUT2D eigenvalue weighted by atomic mass is 9.87. The Kier molecular flexibility index (Phi) is 4.84. The van der Waals surface area contributed by atoms with Crippen molar-refractivity contribution in [3.63, 3.8) is 0 Å². The lowest BCUT2D eigenvalue weighted by Gasteiger charge is -2.31. The molecule has 1 aliphatic carbocycles. The van der Waals surface area contributed by atoms with Gasteiger partial charge in [0.1, 0.15) is 5.82 Å². The normalized spacial score (nSPS) is 16.0. The van der Waals surface area contributed by atoms with Crippen LogP contribution in [0.15, 0.2) is 48.5 Å². The minimum atomic E-state index is -0.354.